The van der Waals surface area contributed by atoms with Crippen molar-refractivity contribution in [3.63, 3.8) is 0 Å². The highest BCUT2D eigenvalue weighted by Gasteiger charge is 2.29. The maximum Gasteiger partial charge on any atom is 0.161 e. The van der Waals surface area contributed by atoms with Crippen LogP contribution >= 0.6 is 0 Å². The van der Waals surface area contributed by atoms with Gasteiger partial charge in [0.1, 0.15) is 0 Å². The third-order valence-corrected chi connectivity index (χ3v) is 6.30. The van der Waals surface area contributed by atoms with Crippen LogP contribution in [0.4, 0.5) is 0 Å². The molecule has 0 spiro atoms. The second-order valence-corrected chi connectivity index (χ2v) is 8.32. The molecule has 0 radical (unpaired) electrons. The number of piperazine rings is 1. The lowest BCUT2D eigenvalue weighted by Gasteiger charge is -2.43. The largest absolute Gasteiger partial charge is 0.493 e. The summed E-state index contributed by atoms with van der Waals surface area (Å²) >= 11 is 0. The van der Waals surface area contributed by atoms with Crippen LogP contribution in [0, 0.1) is 5.92 Å². The molecule has 3 rings (SSSR count). The van der Waals surface area contributed by atoms with Crippen molar-refractivity contribution in [2.45, 2.75) is 58.0 Å². The molecule has 0 bridgehead atoms. The Kier molecular flexibility index (Phi) is 8.44. The first-order chi connectivity index (χ1) is 13.7. The zero-order chi connectivity index (χ0) is 19.8. The zero-order valence-electron chi connectivity index (χ0n) is 17.7. The van der Waals surface area contributed by atoms with E-state index in [4.69, 9.17) is 9.47 Å². The summed E-state index contributed by atoms with van der Waals surface area (Å²) in [6.07, 6.45) is 7.85. The van der Waals surface area contributed by atoms with Crippen LogP contribution in [0.15, 0.2) is 18.2 Å². The Labute approximate surface area is 170 Å². The average molecular weight is 391 g/mol. The lowest BCUT2D eigenvalue weighted by atomic mass is 9.88. The van der Waals surface area contributed by atoms with Crippen molar-refractivity contribution < 1.29 is 14.6 Å². The molecule has 1 aliphatic heterocycles. The molecule has 1 saturated carbocycles. The van der Waals surface area contributed by atoms with E-state index in [9.17, 15) is 5.11 Å². The van der Waals surface area contributed by atoms with Crippen LogP contribution in [0.5, 0.6) is 11.5 Å². The fraction of sp³-hybridized carbons (Fsp3) is 0.739. The predicted octanol–water partition coefficient (Wildman–Crippen LogP) is 3.54. The summed E-state index contributed by atoms with van der Waals surface area (Å²) in [6, 6.07) is 6.71. The number of benzene rings is 1. The van der Waals surface area contributed by atoms with Gasteiger partial charge in [-0.15, -0.1) is 0 Å². The van der Waals surface area contributed by atoms with Gasteiger partial charge in [0.15, 0.2) is 11.5 Å². The van der Waals surface area contributed by atoms with E-state index >= 15 is 0 Å². The van der Waals surface area contributed by atoms with Gasteiger partial charge in [0, 0.05) is 45.4 Å². The smallest absolute Gasteiger partial charge is 0.161 e. The second kappa shape index (κ2) is 11.0. The van der Waals surface area contributed by atoms with Gasteiger partial charge in [0.05, 0.1) is 13.7 Å². The third-order valence-electron chi connectivity index (χ3n) is 6.30. The molecular formula is C23H38N2O3. The maximum absolute atomic E-state index is 9.60. The summed E-state index contributed by atoms with van der Waals surface area (Å²) in [4.78, 5) is 5.18. The van der Waals surface area contributed by atoms with Gasteiger partial charge >= 0.3 is 0 Å². The van der Waals surface area contributed by atoms with Gasteiger partial charge in [-0.1, -0.05) is 25.3 Å². The number of aliphatic hydroxyl groups excluding tert-OH is 1. The van der Waals surface area contributed by atoms with E-state index in [1.54, 1.807) is 7.11 Å². The lowest BCUT2D eigenvalue weighted by molar-refractivity contribution is 0.0400. The van der Waals surface area contributed by atoms with E-state index in [1.807, 2.05) is 13.0 Å². The van der Waals surface area contributed by atoms with E-state index in [2.05, 4.69) is 21.9 Å². The minimum absolute atomic E-state index is 0.275. The standard InChI is InChI=1S/C23H38N2O3/c1-3-28-23-15-20(9-10-22(23)27-2)16-24-12-13-25(21(18-24)11-14-26)17-19-7-5-4-6-8-19/h9-10,15,19,21,26H,3-8,11-14,16-18H2,1-2H3/t21-/m0/s1. The third kappa shape index (κ3) is 5.85. The molecule has 1 saturated heterocycles. The van der Waals surface area contributed by atoms with Gasteiger partial charge in [0.25, 0.3) is 0 Å². The Morgan fingerprint density at radius 2 is 1.93 bits per heavy atom. The number of rotatable bonds is 9. The molecule has 2 aliphatic rings. The zero-order valence-corrected chi connectivity index (χ0v) is 17.7. The molecular weight excluding hydrogens is 352 g/mol. The molecule has 5 heteroatoms. The summed E-state index contributed by atoms with van der Waals surface area (Å²) in [5, 5.41) is 9.60. The number of hydrogen-bond donors (Lipinski definition) is 1. The molecule has 158 valence electrons. The van der Waals surface area contributed by atoms with Crippen LogP contribution in [0.1, 0.15) is 51.0 Å². The van der Waals surface area contributed by atoms with E-state index in [1.165, 1.54) is 44.2 Å². The van der Waals surface area contributed by atoms with Crippen molar-refractivity contribution in [1.82, 2.24) is 9.80 Å². The molecule has 1 aromatic rings. The molecule has 5 nitrogen and oxygen atoms in total. The first-order valence-corrected chi connectivity index (χ1v) is 11.1. The van der Waals surface area contributed by atoms with Gasteiger partial charge in [-0.05, 0) is 49.8 Å². The second-order valence-electron chi connectivity index (χ2n) is 8.32. The van der Waals surface area contributed by atoms with Gasteiger partial charge in [-0.2, -0.15) is 0 Å². The Hall–Kier alpha value is -1.30. The van der Waals surface area contributed by atoms with Crippen molar-refractivity contribution in [2.24, 2.45) is 5.92 Å². The first kappa shape index (κ1) is 21.4. The summed E-state index contributed by atoms with van der Waals surface area (Å²) in [6.45, 7) is 8.27. The molecule has 0 unspecified atom stereocenters. The van der Waals surface area contributed by atoms with Crippen LogP contribution in [0.25, 0.3) is 0 Å². The topological polar surface area (TPSA) is 45.2 Å². The Bertz CT molecular complexity index is 589. The van der Waals surface area contributed by atoms with Crippen LogP contribution < -0.4 is 9.47 Å². The summed E-state index contributed by atoms with van der Waals surface area (Å²) in [5.41, 5.74) is 1.26. The minimum atomic E-state index is 0.275. The molecule has 1 heterocycles. The maximum atomic E-state index is 9.60. The van der Waals surface area contributed by atoms with Crippen LogP contribution in [-0.4, -0.2) is 67.5 Å². The van der Waals surface area contributed by atoms with Gasteiger partial charge < -0.3 is 14.6 Å². The summed E-state index contributed by atoms with van der Waals surface area (Å²) in [7, 11) is 1.68. The highest BCUT2D eigenvalue weighted by molar-refractivity contribution is 5.43. The van der Waals surface area contributed by atoms with Crippen molar-refractivity contribution in [2.75, 3.05) is 46.5 Å². The number of methoxy groups -OCH3 is 1. The lowest BCUT2D eigenvalue weighted by Crippen LogP contribution is -2.54. The minimum Gasteiger partial charge on any atom is -0.493 e. The molecule has 2 fully saturated rings. The van der Waals surface area contributed by atoms with Crippen molar-refractivity contribution in [1.29, 1.82) is 0 Å². The van der Waals surface area contributed by atoms with Crippen molar-refractivity contribution in [3.8, 4) is 11.5 Å². The number of aliphatic hydroxyl groups is 1. The molecule has 28 heavy (non-hydrogen) atoms. The fourth-order valence-electron chi connectivity index (χ4n) is 4.81. The van der Waals surface area contributed by atoms with Gasteiger partial charge in [-0.25, -0.2) is 0 Å². The van der Waals surface area contributed by atoms with E-state index in [-0.39, 0.29) is 6.61 Å². The molecule has 1 aromatic carbocycles. The Morgan fingerprint density at radius 1 is 1.11 bits per heavy atom. The molecule has 0 amide bonds. The van der Waals surface area contributed by atoms with Gasteiger partial charge in [0.2, 0.25) is 0 Å². The first-order valence-electron chi connectivity index (χ1n) is 11.1. The SMILES string of the molecule is CCOc1cc(CN2CCN(CC3CCCCC3)[C@@H](CCO)C2)ccc1OC. The Balaban J connectivity index is 1.59. The molecule has 1 aliphatic carbocycles. The quantitative estimate of drug-likeness (QED) is 0.699. The molecule has 1 N–H and O–H groups in total. The average Bonchev–Trinajstić information content (AvgIpc) is 2.71. The number of ether oxygens (including phenoxy) is 2. The molecule has 1 atom stereocenters. The van der Waals surface area contributed by atoms with Crippen LogP contribution in [0.2, 0.25) is 0 Å². The monoisotopic (exact) mass is 390 g/mol. The number of nitrogens with zero attached hydrogens (tertiary/aromatic N) is 2. The summed E-state index contributed by atoms with van der Waals surface area (Å²) < 4.78 is 11.1. The predicted molar refractivity (Wildman–Crippen MR) is 113 cm³/mol. The van der Waals surface area contributed by atoms with Crippen molar-refractivity contribution >= 4 is 0 Å². The highest BCUT2D eigenvalue weighted by Crippen LogP contribution is 2.30. The highest BCUT2D eigenvalue weighted by atomic mass is 16.5. The van der Waals surface area contributed by atoms with Crippen LogP contribution in [0.3, 0.4) is 0 Å². The van der Waals surface area contributed by atoms with E-state index < -0.39 is 0 Å². The molecule has 0 aromatic heterocycles. The normalized spacial score (nSPS) is 22.3. The fourth-order valence-corrected chi connectivity index (χ4v) is 4.81. The van der Waals surface area contributed by atoms with E-state index in [0.29, 0.717) is 12.6 Å². The van der Waals surface area contributed by atoms with Crippen molar-refractivity contribution in [3.05, 3.63) is 23.8 Å². The number of hydrogen-bond acceptors (Lipinski definition) is 5. The van der Waals surface area contributed by atoms with Crippen LogP contribution in [-0.2, 0) is 6.54 Å². The van der Waals surface area contributed by atoms with E-state index in [0.717, 1.165) is 50.0 Å². The van der Waals surface area contributed by atoms with Gasteiger partial charge in [-0.3, -0.25) is 9.80 Å². The summed E-state index contributed by atoms with van der Waals surface area (Å²) in [5.74, 6) is 2.48. The Morgan fingerprint density at radius 3 is 2.64 bits per heavy atom.